The number of ether oxygens (including phenoxy) is 3. The molecule has 0 fully saturated rings. The predicted octanol–water partition coefficient (Wildman–Crippen LogP) is 1.99. The predicted molar refractivity (Wildman–Crippen MR) is 96.2 cm³/mol. The Morgan fingerprint density at radius 2 is 1.68 bits per heavy atom. The molecule has 0 aromatic heterocycles. The van der Waals surface area contributed by atoms with Crippen LogP contribution in [0.5, 0.6) is 17.2 Å². The van der Waals surface area contributed by atoms with E-state index in [4.69, 9.17) is 14.2 Å². The first-order valence-corrected chi connectivity index (χ1v) is 8.09. The van der Waals surface area contributed by atoms with Crippen molar-refractivity contribution < 1.29 is 19.0 Å². The van der Waals surface area contributed by atoms with Gasteiger partial charge >= 0.3 is 0 Å². The maximum atomic E-state index is 11.8. The zero-order valence-electron chi connectivity index (χ0n) is 14.6. The van der Waals surface area contributed by atoms with Crippen LogP contribution in [0.4, 0.5) is 0 Å². The van der Waals surface area contributed by atoms with Crippen LogP contribution in [0.1, 0.15) is 5.56 Å². The van der Waals surface area contributed by atoms with Gasteiger partial charge in [0, 0.05) is 12.1 Å². The quantitative estimate of drug-likeness (QED) is 0.645. The summed E-state index contributed by atoms with van der Waals surface area (Å²) in [5.41, 5.74) is 1.01. The van der Waals surface area contributed by atoms with Crippen LogP contribution in [0.3, 0.4) is 0 Å². The normalized spacial score (nSPS) is 10.2. The zero-order valence-corrected chi connectivity index (χ0v) is 14.6. The highest BCUT2D eigenvalue weighted by molar-refractivity contribution is 5.77. The van der Waals surface area contributed by atoms with Crippen LogP contribution in [-0.2, 0) is 11.3 Å². The molecule has 0 aliphatic rings. The molecule has 25 heavy (non-hydrogen) atoms. The van der Waals surface area contributed by atoms with Crippen LogP contribution in [0, 0.1) is 0 Å². The largest absolute Gasteiger partial charge is 0.497 e. The van der Waals surface area contributed by atoms with E-state index in [0.29, 0.717) is 19.7 Å². The minimum atomic E-state index is -0.0757. The van der Waals surface area contributed by atoms with E-state index >= 15 is 0 Å². The van der Waals surface area contributed by atoms with Gasteiger partial charge in [0.1, 0.15) is 23.9 Å². The Labute approximate surface area is 148 Å². The molecule has 2 aromatic rings. The lowest BCUT2D eigenvalue weighted by Gasteiger charge is -2.10. The van der Waals surface area contributed by atoms with Gasteiger partial charge in [0.2, 0.25) is 5.91 Å². The van der Waals surface area contributed by atoms with Gasteiger partial charge < -0.3 is 24.8 Å². The first-order chi connectivity index (χ1) is 12.2. The van der Waals surface area contributed by atoms with Crippen molar-refractivity contribution >= 4 is 5.91 Å². The van der Waals surface area contributed by atoms with E-state index in [2.05, 4.69) is 10.6 Å². The van der Waals surface area contributed by atoms with Crippen molar-refractivity contribution in [3.63, 3.8) is 0 Å². The van der Waals surface area contributed by atoms with Gasteiger partial charge in [-0.25, -0.2) is 0 Å². The van der Waals surface area contributed by atoms with Crippen LogP contribution in [0.15, 0.2) is 48.5 Å². The minimum absolute atomic E-state index is 0.0757. The molecular weight excluding hydrogens is 320 g/mol. The molecule has 0 radical (unpaired) electrons. The van der Waals surface area contributed by atoms with E-state index in [-0.39, 0.29) is 12.5 Å². The Hall–Kier alpha value is -2.73. The molecule has 0 saturated heterocycles. The molecule has 6 heteroatoms. The monoisotopic (exact) mass is 344 g/mol. The summed E-state index contributed by atoms with van der Waals surface area (Å²) in [4.78, 5) is 11.8. The van der Waals surface area contributed by atoms with Crippen molar-refractivity contribution in [2.45, 2.75) is 6.54 Å². The molecule has 0 spiro atoms. The Bertz CT molecular complexity index is 659. The number of rotatable bonds is 10. The highest BCUT2D eigenvalue weighted by Crippen LogP contribution is 2.17. The third-order valence-electron chi connectivity index (χ3n) is 3.55. The Morgan fingerprint density at radius 1 is 0.960 bits per heavy atom. The molecule has 2 aromatic carbocycles. The first-order valence-electron chi connectivity index (χ1n) is 8.09. The zero-order chi connectivity index (χ0) is 17.9. The summed E-state index contributed by atoms with van der Waals surface area (Å²) in [6.07, 6.45) is 0. The third kappa shape index (κ3) is 6.35. The van der Waals surface area contributed by atoms with Crippen LogP contribution < -0.4 is 24.8 Å². The Morgan fingerprint density at radius 3 is 2.40 bits per heavy atom. The molecule has 0 atom stereocenters. The van der Waals surface area contributed by atoms with E-state index < -0.39 is 0 Å². The van der Waals surface area contributed by atoms with E-state index in [1.54, 1.807) is 14.2 Å². The van der Waals surface area contributed by atoms with Gasteiger partial charge in [-0.2, -0.15) is 0 Å². The summed E-state index contributed by atoms with van der Waals surface area (Å²) in [7, 11) is 3.25. The lowest BCUT2D eigenvalue weighted by molar-refractivity contribution is -0.120. The molecule has 0 aliphatic carbocycles. The van der Waals surface area contributed by atoms with Crippen molar-refractivity contribution in [2.75, 3.05) is 33.9 Å². The fourth-order valence-electron chi connectivity index (χ4n) is 2.25. The number of carbonyl (C=O) groups is 1. The minimum Gasteiger partial charge on any atom is -0.497 e. The molecular formula is C19H24N2O4. The fraction of sp³-hybridized carbons (Fsp3) is 0.316. The molecule has 0 unspecified atom stereocenters. The highest BCUT2D eigenvalue weighted by atomic mass is 16.5. The summed E-state index contributed by atoms with van der Waals surface area (Å²) in [6.45, 7) is 1.66. The molecule has 6 nitrogen and oxygen atoms in total. The molecule has 2 N–H and O–H groups in total. The van der Waals surface area contributed by atoms with Gasteiger partial charge in [0.05, 0.1) is 27.3 Å². The highest BCUT2D eigenvalue weighted by Gasteiger charge is 2.04. The molecule has 2 rings (SSSR count). The summed E-state index contributed by atoms with van der Waals surface area (Å²) < 4.78 is 15.9. The average molecular weight is 344 g/mol. The second-order valence-corrected chi connectivity index (χ2v) is 5.29. The van der Waals surface area contributed by atoms with Crippen molar-refractivity contribution in [1.82, 2.24) is 10.6 Å². The van der Waals surface area contributed by atoms with E-state index in [1.165, 1.54) is 0 Å². The number of hydrogen-bond donors (Lipinski definition) is 2. The number of amides is 1. The van der Waals surface area contributed by atoms with E-state index in [9.17, 15) is 4.79 Å². The van der Waals surface area contributed by atoms with E-state index in [0.717, 1.165) is 22.8 Å². The van der Waals surface area contributed by atoms with Crippen LogP contribution >= 0.6 is 0 Å². The SMILES string of the molecule is COc1ccc(OCCNC(=O)CNCc2ccccc2OC)cc1. The van der Waals surface area contributed by atoms with Gasteiger partial charge in [-0.15, -0.1) is 0 Å². The number of nitrogens with one attached hydrogen (secondary N) is 2. The van der Waals surface area contributed by atoms with Gasteiger partial charge in [0.25, 0.3) is 0 Å². The third-order valence-corrected chi connectivity index (χ3v) is 3.55. The number of para-hydroxylation sites is 1. The summed E-state index contributed by atoms with van der Waals surface area (Å²) >= 11 is 0. The standard InChI is InChI=1S/C19H24N2O4/c1-23-16-7-9-17(10-8-16)25-12-11-21-19(22)14-20-13-15-5-3-4-6-18(15)24-2/h3-10,20H,11-14H2,1-2H3,(H,21,22). The topological polar surface area (TPSA) is 68.8 Å². The van der Waals surface area contributed by atoms with Crippen molar-refractivity contribution in [1.29, 1.82) is 0 Å². The number of benzene rings is 2. The average Bonchev–Trinajstić information content (AvgIpc) is 2.66. The lowest BCUT2D eigenvalue weighted by Crippen LogP contribution is -2.35. The van der Waals surface area contributed by atoms with Crippen molar-refractivity contribution in [3.8, 4) is 17.2 Å². The second-order valence-electron chi connectivity index (χ2n) is 5.29. The summed E-state index contributed by atoms with van der Waals surface area (Å²) in [5, 5.41) is 5.91. The fourth-order valence-corrected chi connectivity index (χ4v) is 2.25. The maximum Gasteiger partial charge on any atom is 0.234 e. The maximum absolute atomic E-state index is 11.8. The molecule has 0 aliphatic heterocycles. The van der Waals surface area contributed by atoms with E-state index in [1.807, 2.05) is 48.5 Å². The Kier molecular flexibility index (Phi) is 7.59. The van der Waals surface area contributed by atoms with Crippen molar-refractivity contribution in [3.05, 3.63) is 54.1 Å². The number of hydrogen-bond acceptors (Lipinski definition) is 5. The smallest absolute Gasteiger partial charge is 0.234 e. The van der Waals surface area contributed by atoms with Gasteiger partial charge in [-0.1, -0.05) is 18.2 Å². The number of methoxy groups -OCH3 is 2. The number of carbonyl (C=O) groups excluding carboxylic acids is 1. The molecule has 0 bridgehead atoms. The van der Waals surface area contributed by atoms with Gasteiger partial charge in [-0.3, -0.25) is 4.79 Å². The molecule has 0 saturated carbocycles. The van der Waals surface area contributed by atoms with Crippen molar-refractivity contribution in [2.24, 2.45) is 0 Å². The molecule has 134 valence electrons. The van der Waals surface area contributed by atoms with Crippen LogP contribution in [-0.4, -0.2) is 39.8 Å². The van der Waals surface area contributed by atoms with Crippen LogP contribution in [0.25, 0.3) is 0 Å². The van der Waals surface area contributed by atoms with Gasteiger partial charge in [-0.05, 0) is 30.3 Å². The van der Waals surface area contributed by atoms with Crippen LogP contribution in [0.2, 0.25) is 0 Å². The first kappa shape index (κ1) is 18.6. The second kappa shape index (κ2) is 10.2. The molecule has 0 heterocycles. The Balaban J connectivity index is 1.60. The summed E-state index contributed by atoms with van der Waals surface area (Å²) in [6, 6.07) is 15.0. The lowest BCUT2D eigenvalue weighted by atomic mass is 10.2. The van der Waals surface area contributed by atoms with Gasteiger partial charge in [0.15, 0.2) is 0 Å². The molecule has 1 amide bonds. The summed E-state index contributed by atoms with van der Waals surface area (Å²) in [5.74, 6) is 2.25.